The molecule has 0 aromatic heterocycles. The van der Waals surface area contributed by atoms with Crippen LogP contribution in [0.4, 0.5) is 0 Å². The first-order chi connectivity index (χ1) is 21.5. The van der Waals surface area contributed by atoms with Crippen molar-refractivity contribution in [3.8, 4) is 0 Å². The van der Waals surface area contributed by atoms with Crippen LogP contribution < -0.4 is 0 Å². The summed E-state index contributed by atoms with van der Waals surface area (Å²) in [5.41, 5.74) is -3.72. The largest absolute Gasteiger partial charge is 0.394 e. The Morgan fingerprint density at radius 3 is 1.59 bits per heavy atom. The van der Waals surface area contributed by atoms with Gasteiger partial charge in [-0.05, 0) is 0 Å². The monoisotopic (exact) mass is 682 g/mol. The number of hydrogen-bond acceptors (Lipinski definition) is 22. The molecule has 0 saturated carbocycles. The van der Waals surface area contributed by atoms with Crippen LogP contribution in [0.25, 0.3) is 0 Å². The van der Waals surface area contributed by atoms with E-state index in [0.717, 1.165) is 0 Å². The van der Waals surface area contributed by atoms with Crippen LogP contribution in [0.15, 0.2) is 0 Å². The van der Waals surface area contributed by atoms with E-state index in [-0.39, 0.29) is 0 Å². The van der Waals surface area contributed by atoms with Crippen molar-refractivity contribution in [2.45, 2.75) is 122 Å². The molecule has 0 bridgehead atoms. The summed E-state index contributed by atoms with van der Waals surface area (Å²) in [6.07, 6.45) is -38.4. The lowest BCUT2D eigenvalue weighted by molar-refractivity contribution is -0.478. The van der Waals surface area contributed by atoms with Gasteiger partial charge in [0.25, 0.3) is 0 Å². The predicted octanol–water partition coefficient (Wildman–Crippen LogP) is -11.0. The van der Waals surface area contributed by atoms with E-state index in [2.05, 4.69) is 0 Å². The summed E-state index contributed by atoms with van der Waals surface area (Å²) in [7, 11) is 0. The Morgan fingerprint density at radius 1 is 0.478 bits per heavy atom. The van der Waals surface area contributed by atoms with Crippen LogP contribution in [-0.2, 0) is 28.4 Å². The van der Waals surface area contributed by atoms with Gasteiger partial charge in [-0.3, -0.25) is 0 Å². The number of ether oxygens (including phenoxy) is 6. The van der Waals surface area contributed by atoms with E-state index in [1.807, 2.05) is 0 Å². The summed E-state index contributed by atoms with van der Waals surface area (Å²) in [6.45, 7) is -4.25. The van der Waals surface area contributed by atoms with Crippen molar-refractivity contribution >= 4 is 0 Å². The molecule has 0 spiro atoms. The van der Waals surface area contributed by atoms with Gasteiger partial charge in [0.15, 0.2) is 18.9 Å². The van der Waals surface area contributed by atoms with Crippen LogP contribution in [0.5, 0.6) is 0 Å². The molecule has 0 aliphatic carbocycles. The van der Waals surface area contributed by atoms with Gasteiger partial charge in [-0.2, -0.15) is 0 Å². The van der Waals surface area contributed by atoms with E-state index in [9.17, 15) is 81.7 Å². The molecular formula is C24H42O22. The number of hydrogen-bond donors (Lipinski definition) is 16. The lowest BCUT2D eigenvalue weighted by Crippen LogP contribution is -2.84. The molecule has 16 N–H and O–H groups in total. The van der Waals surface area contributed by atoms with Gasteiger partial charge in [0.05, 0.1) is 26.4 Å². The zero-order chi connectivity index (χ0) is 34.5. The van der Waals surface area contributed by atoms with E-state index >= 15 is 0 Å². The van der Waals surface area contributed by atoms with Gasteiger partial charge >= 0.3 is 0 Å². The minimum atomic E-state index is -3.74. The van der Waals surface area contributed by atoms with Crippen molar-refractivity contribution in [3.63, 3.8) is 0 Å². The Balaban J connectivity index is 1.79. The van der Waals surface area contributed by atoms with Gasteiger partial charge < -0.3 is 110 Å². The summed E-state index contributed by atoms with van der Waals surface area (Å²) in [4.78, 5) is 0. The summed E-state index contributed by atoms with van der Waals surface area (Å²) in [5, 5.41) is 168. The molecule has 4 aliphatic heterocycles. The van der Waals surface area contributed by atoms with E-state index in [4.69, 9.17) is 28.4 Å². The molecule has 22 heteroatoms. The molecule has 46 heavy (non-hydrogen) atoms. The maximum absolute atomic E-state index is 12.1. The van der Waals surface area contributed by atoms with Crippen molar-refractivity contribution in [2.75, 3.05) is 26.4 Å². The standard InChI is InChI=1S/C24H42O22/c25-1-5-9(29)11(31)15(35)21(42-5)44-17-8(4-28)43-22(45-16-7(3-27)41-20(38)14(34)12(16)32)23(39,19(17)37)24(40)18(36)13(33)10(30)6(2-26)46-24/h5-22,25-40H,1-4H2/t5-,6-,7-,8-,9-,10-,11+,12-,13+,14-,15-,16-,17-,18-,19-,20-,21+,22+,23-,24+/m1/s1. The minimum Gasteiger partial charge on any atom is -0.394 e. The van der Waals surface area contributed by atoms with Crippen LogP contribution in [0, 0.1) is 0 Å². The Morgan fingerprint density at radius 2 is 1.02 bits per heavy atom. The van der Waals surface area contributed by atoms with Gasteiger partial charge in [-0.25, -0.2) is 0 Å². The van der Waals surface area contributed by atoms with Crippen LogP contribution in [-0.4, -0.2) is 230 Å². The first-order valence-electron chi connectivity index (χ1n) is 14.2. The quantitative estimate of drug-likeness (QED) is 0.107. The lowest BCUT2D eigenvalue weighted by Gasteiger charge is -2.59. The van der Waals surface area contributed by atoms with Crippen LogP contribution in [0.3, 0.4) is 0 Å². The maximum atomic E-state index is 12.1. The van der Waals surface area contributed by atoms with E-state index < -0.39 is 148 Å². The Hall–Kier alpha value is -0.880. The summed E-state index contributed by atoms with van der Waals surface area (Å²) >= 11 is 0. The third-order valence-electron chi connectivity index (χ3n) is 8.77. The fourth-order valence-corrected chi connectivity index (χ4v) is 5.96. The maximum Gasteiger partial charge on any atom is 0.232 e. The number of aliphatic hydroxyl groups excluding tert-OH is 14. The molecule has 20 atom stereocenters. The van der Waals surface area contributed by atoms with Crippen molar-refractivity contribution in [1.82, 2.24) is 0 Å². The van der Waals surface area contributed by atoms with Crippen molar-refractivity contribution in [1.29, 1.82) is 0 Å². The van der Waals surface area contributed by atoms with Gasteiger partial charge in [-0.15, -0.1) is 0 Å². The number of rotatable bonds is 9. The van der Waals surface area contributed by atoms with Crippen LogP contribution in [0.2, 0.25) is 0 Å². The Kier molecular flexibility index (Phi) is 12.0. The summed E-state index contributed by atoms with van der Waals surface area (Å²) in [6, 6.07) is 0. The molecule has 270 valence electrons. The minimum absolute atomic E-state index is 0.918. The summed E-state index contributed by atoms with van der Waals surface area (Å²) < 4.78 is 32.1. The molecule has 0 unspecified atom stereocenters. The second-order valence-electron chi connectivity index (χ2n) is 11.5. The normalized spacial score (nSPS) is 55.3. The zero-order valence-corrected chi connectivity index (χ0v) is 23.8. The second kappa shape index (κ2) is 14.5. The highest BCUT2D eigenvalue weighted by atomic mass is 16.8. The topological polar surface area (TPSA) is 379 Å². The molecule has 4 rings (SSSR count). The first kappa shape index (κ1) is 37.9. The SMILES string of the molecule is OC[C@H]1O[C@@H](O[C@H]2[C@@H](O)[C@](O)([C@@]3(O)O[C@H](CO)[C@@H](O)[C@H](O)[C@H]3O)[C@H](O[C@H]3[C@H](O)[C@@H](O)[C@H](O)O[C@@H]3CO)O[C@@H]2CO)[C@H](O)[C@@H](O)[C@@H]1O. The molecule has 0 aromatic rings. The van der Waals surface area contributed by atoms with E-state index in [1.54, 1.807) is 0 Å². The zero-order valence-electron chi connectivity index (χ0n) is 23.8. The average molecular weight is 683 g/mol. The first-order valence-corrected chi connectivity index (χ1v) is 14.2. The van der Waals surface area contributed by atoms with E-state index in [1.165, 1.54) is 0 Å². The van der Waals surface area contributed by atoms with E-state index in [0.29, 0.717) is 0 Å². The third kappa shape index (κ3) is 6.20. The Bertz CT molecular complexity index is 990. The number of aliphatic hydroxyl groups is 16. The van der Waals surface area contributed by atoms with Crippen LogP contribution >= 0.6 is 0 Å². The molecule has 4 aliphatic rings. The molecule has 0 amide bonds. The molecule has 4 heterocycles. The van der Waals surface area contributed by atoms with Gasteiger partial charge in [0.2, 0.25) is 11.4 Å². The smallest absolute Gasteiger partial charge is 0.232 e. The predicted molar refractivity (Wildman–Crippen MR) is 135 cm³/mol. The Labute approximate surface area is 258 Å². The van der Waals surface area contributed by atoms with Gasteiger partial charge in [-0.1, -0.05) is 0 Å². The summed E-state index contributed by atoms with van der Waals surface area (Å²) in [5.74, 6) is -3.74. The van der Waals surface area contributed by atoms with Crippen molar-refractivity contribution in [3.05, 3.63) is 0 Å². The average Bonchev–Trinajstić information content (AvgIpc) is 3.04. The highest BCUT2D eigenvalue weighted by Gasteiger charge is 2.74. The third-order valence-corrected chi connectivity index (χ3v) is 8.77. The lowest BCUT2D eigenvalue weighted by atomic mass is 9.73. The molecule has 4 fully saturated rings. The molecular weight excluding hydrogens is 640 g/mol. The van der Waals surface area contributed by atoms with Gasteiger partial charge in [0.1, 0.15) is 91.6 Å². The second-order valence-corrected chi connectivity index (χ2v) is 11.5. The molecule has 22 nitrogen and oxygen atoms in total. The molecule has 0 radical (unpaired) electrons. The molecule has 4 saturated heterocycles. The highest BCUT2D eigenvalue weighted by Crippen LogP contribution is 2.47. The van der Waals surface area contributed by atoms with Gasteiger partial charge in [0, 0.05) is 0 Å². The van der Waals surface area contributed by atoms with Crippen molar-refractivity contribution < 1.29 is 110 Å². The fourth-order valence-electron chi connectivity index (χ4n) is 5.96. The highest BCUT2D eigenvalue weighted by molar-refractivity contribution is 5.15. The van der Waals surface area contributed by atoms with Crippen LogP contribution in [0.1, 0.15) is 0 Å². The fraction of sp³-hybridized carbons (Fsp3) is 1.00. The molecule has 0 aromatic carbocycles. The van der Waals surface area contributed by atoms with Crippen molar-refractivity contribution in [2.24, 2.45) is 0 Å².